The molecule has 1 aromatic rings. The van der Waals surface area contributed by atoms with E-state index in [4.69, 9.17) is 0 Å². The molecule has 0 aliphatic rings. The molecule has 0 atom stereocenters. The van der Waals surface area contributed by atoms with E-state index in [0.29, 0.717) is 17.9 Å². The van der Waals surface area contributed by atoms with Gasteiger partial charge in [-0.05, 0) is 49.5 Å². The molecule has 1 aromatic carbocycles. The fourth-order valence-electron chi connectivity index (χ4n) is 1.50. The number of halogens is 2. The molecule has 0 aliphatic heterocycles. The summed E-state index contributed by atoms with van der Waals surface area (Å²) >= 11 is 0. The third-order valence-corrected chi connectivity index (χ3v) is 2.41. The predicted molar refractivity (Wildman–Crippen MR) is 62.4 cm³/mol. The van der Waals surface area contributed by atoms with E-state index >= 15 is 0 Å². The van der Waals surface area contributed by atoms with E-state index in [1.807, 2.05) is 0 Å². The molecule has 0 saturated heterocycles. The van der Waals surface area contributed by atoms with E-state index < -0.39 is 11.6 Å². The zero-order valence-electron chi connectivity index (χ0n) is 9.89. The highest BCUT2D eigenvalue weighted by molar-refractivity contribution is 5.18. The molecular formula is C13H19F2N. The van der Waals surface area contributed by atoms with Crippen LogP contribution < -0.4 is 5.32 Å². The van der Waals surface area contributed by atoms with Crippen LogP contribution in [0.1, 0.15) is 25.8 Å². The lowest BCUT2D eigenvalue weighted by Gasteiger charge is -2.07. The van der Waals surface area contributed by atoms with Crippen LogP contribution in [0, 0.1) is 17.6 Å². The van der Waals surface area contributed by atoms with Crippen molar-refractivity contribution in [2.75, 3.05) is 13.1 Å². The first-order valence-electron chi connectivity index (χ1n) is 5.73. The van der Waals surface area contributed by atoms with Gasteiger partial charge in [0.05, 0.1) is 0 Å². The quantitative estimate of drug-likeness (QED) is 0.736. The lowest BCUT2D eigenvalue weighted by Crippen LogP contribution is -2.19. The highest BCUT2D eigenvalue weighted by Crippen LogP contribution is 2.08. The summed E-state index contributed by atoms with van der Waals surface area (Å²) in [6, 6.07) is 3.66. The van der Waals surface area contributed by atoms with Crippen LogP contribution in [0.25, 0.3) is 0 Å². The van der Waals surface area contributed by atoms with E-state index in [-0.39, 0.29) is 0 Å². The zero-order chi connectivity index (χ0) is 12.0. The van der Waals surface area contributed by atoms with E-state index in [9.17, 15) is 8.78 Å². The normalized spacial score (nSPS) is 11.1. The van der Waals surface area contributed by atoms with Crippen LogP contribution in [-0.2, 0) is 6.42 Å². The second-order valence-corrected chi connectivity index (χ2v) is 4.46. The third kappa shape index (κ3) is 5.21. The van der Waals surface area contributed by atoms with Crippen molar-refractivity contribution >= 4 is 0 Å². The molecule has 0 heterocycles. The Balaban J connectivity index is 2.26. The second kappa shape index (κ2) is 6.59. The molecule has 0 radical (unpaired) electrons. The summed E-state index contributed by atoms with van der Waals surface area (Å²) in [5.74, 6) is -0.325. The summed E-state index contributed by atoms with van der Waals surface area (Å²) in [4.78, 5) is 0. The molecule has 1 N–H and O–H groups in total. The molecule has 0 saturated carbocycles. The van der Waals surface area contributed by atoms with Crippen LogP contribution in [0.2, 0.25) is 0 Å². The van der Waals surface area contributed by atoms with Crippen molar-refractivity contribution in [1.82, 2.24) is 5.32 Å². The fourth-order valence-corrected chi connectivity index (χ4v) is 1.50. The van der Waals surface area contributed by atoms with Gasteiger partial charge in [0.2, 0.25) is 0 Å². The van der Waals surface area contributed by atoms with Gasteiger partial charge in [-0.3, -0.25) is 0 Å². The van der Waals surface area contributed by atoms with Gasteiger partial charge in [0.25, 0.3) is 0 Å². The summed E-state index contributed by atoms with van der Waals surface area (Å²) in [7, 11) is 0. The molecule has 0 spiro atoms. The summed E-state index contributed by atoms with van der Waals surface area (Å²) < 4.78 is 25.7. The Labute approximate surface area is 95.9 Å². The molecule has 0 amide bonds. The van der Waals surface area contributed by atoms with Gasteiger partial charge in [0.1, 0.15) is 11.6 Å². The Bertz CT molecular complexity index is 303. The average Bonchev–Trinajstić information content (AvgIpc) is 2.15. The van der Waals surface area contributed by atoms with E-state index in [0.717, 1.165) is 25.6 Å². The van der Waals surface area contributed by atoms with E-state index in [2.05, 4.69) is 19.2 Å². The van der Waals surface area contributed by atoms with Gasteiger partial charge >= 0.3 is 0 Å². The molecule has 0 bridgehead atoms. The smallest absolute Gasteiger partial charge is 0.126 e. The lowest BCUT2D eigenvalue weighted by molar-refractivity contribution is 0.537. The molecule has 0 fully saturated rings. The van der Waals surface area contributed by atoms with Crippen LogP contribution in [0.4, 0.5) is 8.78 Å². The second-order valence-electron chi connectivity index (χ2n) is 4.46. The molecular weight excluding hydrogens is 208 g/mol. The Hall–Kier alpha value is -0.960. The molecule has 3 heteroatoms. The Morgan fingerprint density at radius 1 is 1.06 bits per heavy atom. The Morgan fingerprint density at radius 3 is 2.25 bits per heavy atom. The zero-order valence-corrected chi connectivity index (χ0v) is 9.89. The van der Waals surface area contributed by atoms with Crippen LogP contribution in [0.3, 0.4) is 0 Å². The van der Waals surface area contributed by atoms with Crippen molar-refractivity contribution in [2.24, 2.45) is 5.92 Å². The maximum atomic E-state index is 12.8. The number of benzene rings is 1. The maximum Gasteiger partial charge on any atom is 0.126 e. The van der Waals surface area contributed by atoms with Crippen molar-refractivity contribution < 1.29 is 8.78 Å². The number of hydrogen-bond donors (Lipinski definition) is 1. The van der Waals surface area contributed by atoms with Crippen LogP contribution in [0.15, 0.2) is 18.2 Å². The highest BCUT2D eigenvalue weighted by atomic mass is 19.1. The summed E-state index contributed by atoms with van der Waals surface area (Å²) in [6.45, 7) is 6.05. The minimum atomic E-state index is -0.503. The highest BCUT2D eigenvalue weighted by Gasteiger charge is 2.00. The lowest BCUT2D eigenvalue weighted by atomic mass is 10.1. The largest absolute Gasteiger partial charge is 0.316 e. The molecule has 1 nitrogen and oxygen atoms in total. The van der Waals surface area contributed by atoms with Gasteiger partial charge in [0.15, 0.2) is 0 Å². The van der Waals surface area contributed by atoms with Gasteiger partial charge in [-0.2, -0.15) is 0 Å². The molecule has 16 heavy (non-hydrogen) atoms. The predicted octanol–water partition coefficient (Wildman–Crippen LogP) is 3.14. The Morgan fingerprint density at radius 2 is 1.69 bits per heavy atom. The van der Waals surface area contributed by atoms with Crippen LogP contribution in [-0.4, -0.2) is 13.1 Å². The molecule has 1 rings (SSSR count). The van der Waals surface area contributed by atoms with Crippen molar-refractivity contribution in [3.63, 3.8) is 0 Å². The van der Waals surface area contributed by atoms with E-state index in [1.54, 1.807) is 0 Å². The first-order valence-corrected chi connectivity index (χ1v) is 5.73. The van der Waals surface area contributed by atoms with Gasteiger partial charge in [0, 0.05) is 6.07 Å². The SMILES string of the molecule is CC(C)CCNCCc1cc(F)cc(F)c1. The molecule has 0 aromatic heterocycles. The van der Waals surface area contributed by atoms with Crippen LogP contribution in [0.5, 0.6) is 0 Å². The average molecular weight is 227 g/mol. The van der Waals surface area contributed by atoms with E-state index in [1.165, 1.54) is 12.1 Å². The molecule has 90 valence electrons. The Kier molecular flexibility index (Phi) is 5.39. The summed E-state index contributed by atoms with van der Waals surface area (Å²) in [6.07, 6.45) is 1.78. The van der Waals surface area contributed by atoms with Crippen LogP contribution >= 0.6 is 0 Å². The first-order chi connectivity index (χ1) is 7.58. The third-order valence-electron chi connectivity index (χ3n) is 2.41. The van der Waals surface area contributed by atoms with Crippen molar-refractivity contribution in [3.05, 3.63) is 35.4 Å². The fraction of sp³-hybridized carbons (Fsp3) is 0.538. The summed E-state index contributed by atoms with van der Waals surface area (Å²) in [5, 5.41) is 3.26. The minimum absolute atomic E-state index is 0.503. The van der Waals surface area contributed by atoms with Crippen molar-refractivity contribution in [1.29, 1.82) is 0 Å². The number of rotatable bonds is 6. The summed E-state index contributed by atoms with van der Waals surface area (Å²) in [5.41, 5.74) is 0.703. The van der Waals surface area contributed by atoms with Gasteiger partial charge in [-0.25, -0.2) is 8.78 Å². The molecule has 0 aliphatic carbocycles. The van der Waals surface area contributed by atoms with Gasteiger partial charge in [-0.1, -0.05) is 13.8 Å². The standard InChI is InChI=1S/C13H19F2N/c1-10(2)3-5-16-6-4-11-7-12(14)9-13(15)8-11/h7-10,16H,3-6H2,1-2H3. The maximum absolute atomic E-state index is 12.8. The monoisotopic (exact) mass is 227 g/mol. The first kappa shape index (κ1) is 13.1. The minimum Gasteiger partial charge on any atom is -0.316 e. The number of hydrogen-bond acceptors (Lipinski definition) is 1. The van der Waals surface area contributed by atoms with Gasteiger partial charge < -0.3 is 5.32 Å². The van der Waals surface area contributed by atoms with Crippen molar-refractivity contribution in [2.45, 2.75) is 26.7 Å². The topological polar surface area (TPSA) is 12.0 Å². The van der Waals surface area contributed by atoms with Gasteiger partial charge in [-0.15, -0.1) is 0 Å². The van der Waals surface area contributed by atoms with Crippen molar-refractivity contribution in [3.8, 4) is 0 Å². The molecule has 0 unspecified atom stereocenters. The number of nitrogens with one attached hydrogen (secondary N) is 1.